The maximum atomic E-state index is 11.9. The first-order valence-corrected chi connectivity index (χ1v) is 6.30. The summed E-state index contributed by atoms with van der Waals surface area (Å²) in [5, 5.41) is 12.0. The van der Waals surface area contributed by atoms with Crippen LogP contribution in [0.3, 0.4) is 0 Å². The summed E-state index contributed by atoms with van der Waals surface area (Å²) < 4.78 is 35.8. The van der Waals surface area contributed by atoms with Gasteiger partial charge in [0, 0.05) is 19.1 Å². The molecule has 17 heavy (non-hydrogen) atoms. The van der Waals surface area contributed by atoms with Crippen molar-refractivity contribution in [2.24, 2.45) is 5.92 Å². The Hall–Kier alpha value is -0.290. The molecule has 2 atom stereocenters. The van der Waals surface area contributed by atoms with Crippen LogP contribution in [0.1, 0.15) is 46.0 Å². The third-order valence-corrected chi connectivity index (χ3v) is 2.97. The van der Waals surface area contributed by atoms with E-state index in [1.54, 1.807) is 0 Å². The molecule has 0 aromatic carbocycles. The number of nitrogens with one attached hydrogen (secondary N) is 1. The van der Waals surface area contributed by atoms with Crippen LogP contribution in [0.4, 0.5) is 13.2 Å². The van der Waals surface area contributed by atoms with E-state index in [0.29, 0.717) is 12.3 Å². The maximum Gasteiger partial charge on any atom is 0.389 e. The van der Waals surface area contributed by atoms with E-state index in [-0.39, 0.29) is 19.1 Å². The highest BCUT2D eigenvalue weighted by Crippen LogP contribution is 2.22. The van der Waals surface area contributed by atoms with E-state index >= 15 is 0 Å². The van der Waals surface area contributed by atoms with Gasteiger partial charge in [-0.2, -0.15) is 13.2 Å². The van der Waals surface area contributed by atoms with Crippen LogP contribution in [0.5, 0.6) is 0 Å². The van der Waals surface area contributed by atoms with Crippen molar-refractivity contribution in [3.05, 3.63) is 0 Å². The van der Waals surface area contributed by atoms with Crippen LogP contribution >= 0.6 is 0 Å². The average Bonchev–Trinajstić information content (AvgIpc) is 2.22. The van der Waals surface area contributed by atoms with Gasteiger partial charge in [0.05, 0.1) is 0 Å². The first-order chi connectivity index (χ1) is 7.89. The number of alkyl halides is 3. The molecule has 2 N–H and O–H groups in total. The van der Waals surface area contributed by atoms with Gasteiger partial charge in [0.15, 0.2) is 0 Å². The molecule has 0 aromatic heterocycles. The number of aliphatic hydroxyl groups is 1. The minimum absolute atomic E-state index is 0.102. The summed E-state index contributed by atoms with van der Waals surface area (Å²) in [6.07, 6.45) is -2.31. The molecular weight excluding hydrogens is 231 g/mol. The van der Waals surface area contributed by atoms with Crippen LogP contribution in [-0.2, 0) is 0 Å². The van der Waals surface area contributed by atoms with Gasteiger partial charge in [0.1, 0.15) is 0 Å². The van der Waals surface area contributed by atoms with Crippen LogP contribution in [0.25, 0.3) is 0 Å². The molecule has 0 spiro atoms. The summed E-state index contributed by atoms with van der Waals surface area (Å²) in [5.41, 5.74) is 0. The minimum Gasteiger partial charge on any atom is -0.396 e. The summed E-state index contributed by atoms with van der Waals surface area (Å²) >= 11 is 0. The second-order valence-corrected chi connectivity index (χ2v) is 4.60. The first-order valence-electron chi connectivity index (χ1n) is 6.30. The third kappa shape index (κ3) is 10.6. The number of halogens is 3. The van der Waals surface area contributed by atoms with Gasteiger partial charge in [-0.3, -0.25) is 0 Å². The maximum absolute atomic E-state index is 11.9. The van der Waals surface area contributed by atoms with Crippen LogP contribution in [0.2, 0.25) is 0 Å². The van der Waals surface area contributed by atoms with Gasteiger partial charge >= 0.3 is 6.18 Å². The lowest BCUT2D eigenvalue weighted by molar-refractivity contribution is -0.135. The quantitative estimate of drug-likeness (QED) is 0.663. The molecule has 0 amide bonds. The summed E-state index contributed by atoms with van der Waals surface area (Å²) in [6, 6.07) is 0.102. The van der Waals surface area contributed by atoms with E-state index in [0.717, 1.165) is 19.4 Å². The molecule has 104 valence electrons. The molecule has 0 saturated carbocycles. The van der Waals surface area contributed by atoms with E-state index in [2.05, 4.69) is 12.2 Å². The highest BCUT2D eigenvalue weighted by Gasteiger charge is 2.26. The van der Waals surface area contributed by atoms with Gasteiger partial charge in [0.25, 0.3) is 0 Å². The van der Waals surface area contributed by atoms with Gasteiger partial charge < -0.3 is 10.4 Å². The molecule has 2 nitrogen and oxygen atoms in total. The van der Waals surface area contributed by atoms with Crippen LogP contribution < -0.4 is 5.32 Å². The van der Waals surface area contributed by atoms with Crippen molar-refractivity contribution >= 4 is 0 Å². The average molecular weight is 255 g/mol. The zero-order valence-corrected chi connectivity index (χ0v) is 10.7. The Balaban J connectivity index is 3.61. The molecule has 0 heterocycles. The molecule has 0 saturated heterocycles. The Morgan fingerprint density at radius 3 is 2.35 bits per heavy atom. The van der Waals surface area contributed by atoms with Gasteiger partial charge in [-0.15, -0.1) is 0 Å². The summed E-state index contributed by atoms with van der Waals surface area (Å²) in [6.45, 7) is 4.89. The normalized spacial score (nSPS) is 15.9. The van der Waals surface area contributed by atoms with Gasteiger partial charge in [-0.25, -0.2) is 0 Å². The third-order valence-electron chi connectivity index (χ3n) is 2.97. The van der Waals surface area contributed by atoms with Crippen molar-refractivity contribution in [2.75, 3.05) is 13.2 Å². The van der Waals surface area contributed by atoms with E-state index < -0.39 is 12.6 Å². The van der Waals surface area contributed by atoms with Crippen LogP contribution in [-0.4, -0.2) is 30.5 Å². The highest BCUT2D eigenvalue weighted by atomic mass is 19.4. The van der Waals surface area contributed by atoms with Crippen molar-refractivity contribution in [3.63, 3.8) is 0 Å². The van der Waals surface area contributed by atoms with E-state index in [1.807, 2.05) is 6.92 Å². The number of hydrogen-bond donors (Lipinski definition) is 2. The fourth-order valence-electron chi connectivity index (χ4n) is 1.71. The lowest BCUT2D eigenvalue weighted by Gasteiger charge is -2.19. The smallest absolute Gasteiger partial charge is 0.389 e. The fraction of sp³-hybridized carbons (Fsp3) is 1.00. The number of rotatable bonds is 9. The van der Waals surface area contributed by atoms with Crippen molar-refractivity contribution in [1.82, 2.24) is 5.32 Å². The Morgan fingerprint density at radius 2 is 1.88 bits per heavy atom. The van der Waals surface area contributed by atoms with Gasteiger partial charge in [-0.05, 0) is 38.6 Å². The summed E-state index contributed by atoms with van der Waals surface area (Å²) in [7, 11) is 0. The van der Waals surface area contributed by atoms with Gasteiger partial charge in [0.2, 0.25) is 0 Å². The summed E-state index contributed by atoms with van der Waals surface area (Å²) in [4.78, 5) is 0. The molecule has 0 aromatic rings. The van der Waals surface area contributed by atoms with Crippen LogP contribution in [0.15, 0.2) is 0 Å². The standard InChI is InChI=1S/C12H24F3NO/c1-3-11(6-8-17)9-16-10(2)5-4-7-12(13,14)15/h10-11,16-17H,3-9H2,1-2H3. The first kappa shape index (κ1) is 16.7. The molecule has 5 heteroatoms. The molecule has 0 aliphatic rings. The molecule has 0 radical (unpaired) electrons. The van der Waals surface area contributed by atoms with Crippen LogP contribution in [0, 0.1) is 5.92 Å². The highest BCUT2D eigenvalue weighted by molar-refractivity contribution is 4.66. The fourth-order valence-corrected chi connectivity index (χ4v) is 1.71. The predicted octanol–water partition coefficient (Wildman–Crippen LogP) is 3.11. The molecular formula is C12H24F3NO. The molecule has 0 rings (SSSR count). The van der Waals surface area contributed by atoms with Crippen molar-refractivity contribution in [1.29, 1.82) is 0 Å². The Labute approximate surface area is 102 Å². The largest absolute Gasteiger partial charge is 0.396 e. The number of hydrogen-bond acceptors (Lipinski definition) is 2. The monoisotopic (exact) mass is 255 g/mol. The second-order valence-electron chi connectivity index (χ2n) is 4.60. The second kappa shape index (κ2) is 8.75. The topological polar surface area (TPSA) is 32.3 Å². The minimum atomic E-state index is -4.04. The van der Waals surface area contributed by atoms with Crippen molar-refractivity contribution < 1.29 is 18.3 Å². The Bertz CT molecular complexity index is 185. The van der Waals surface area contributed by atoms with E-state index in [9.17, 15) is 13.2 Å². The SMILES string of the molecule is CCC(CCO)CNC(C)CCCC(F)(F)F. The molecule has 0 bridgehead atoms. The lowest BCUT2D eigenvalue weighted by atomic mass is 10.0. The predicted molar refractivity (Wildman–Crippen MR) is 62.9 cm³/mol. The number of aliphatic hydroxyl groups excluding tert-OH is 1. The van der Waals surface area contributed by atoms with Gasteiger partial charge in [-0.1, -0.05) is 13.3 Å². The Morgan fingerprint density at radius 1 is 1.24 bits per heavy atom. The molecule has 0 fully saturated rings. The Kier molecular flexibility index (Phi) is 8.60. The molecule has 0 aliphatic heterocycles. The zero-order valence-electron chi connectivity index (χ0n) is 10.7. The van der Waals surface area contributed by atoms with E-state index in [4.69, 9.17) is 5.11 Å². The summed E-state index contributed by atoms with van der Waals surface area (Å²) in [5.74, 6) is 0.407. The lowest BCUT2D eigenvalue weighted by Crippen LogP contribution is -2.31. The van der Waals surface area contributed by atoms with E-state index in [1.165, 1.54) is 0 Å². The molecule has 2 unspecified atom stereocenters. The zero-order chi connectivity index (χ0) is 13.3. The molecule has 0 aliphatic carbocycles. The van der Waals surface area contributed by atoms with Crippen molar-refractivity contribution in [2.45, 2.75) is 58.2 Å². The van der Waals surface area contributed by atoms with Crippen molar-refractivity contribution in [3.8, 4) is 0 Å².